The third kappa shape index (κ3) is 4.17. The van der Waals surface area contributed by atoms with Gasteiger partial charge >= 0.3 is 0 Å². The molecular weight excluding hydrogens is 379 g/mol. The van der Waals surface area contributed by atoms with Gasteiger partial charge in [-0.2, -0.15) is 0 Å². The van der Waals surface area contributed by atoms with Gasteiger partial charge in [-0.25, -0.2) is 0 Å². The average molecular weight is 397 g/mol. The van der Waals surface area contributed by atoms with Gasteiger partial charge in [-0.05, 0) is 48.7 Å². The zero-order valence-electron chi connectivity index (χ0n) is 13.7. The van der Waals surface area contributed by atoms with Gasteiger partial charge in [0.2, 0.25) is 5.91 Å². The molecule has 0 unspecified atom stereocenters. The van der Waals surface area contributed by atoms with Crippen molar-refractivity contribution in [3.05, 3.63) is 45.3 Å². The maximum atomic E-state index is 12.7. The molecule has 1 fully saturated rings. The fourth-order valence-electron chi connectivity index (χ4n) is 3.01. The monoisotopic (exact) mass is 396 g/mol. The Labute approximate surface area is 160 Å². The lowest BCUT2D eigenvalue weighted by atomic mass is 9.96. The van der Waals surface area contributed by atoms with Gasteiger partial charge in [-0.1, -0.05) is 23.2 Å². The summed E-state index contributed by atoms with van der Waals surface area (Å²) in [6, 6.07) is 9.10. The Kier molecular flexibility index (Phi) is 5.67. The number of thiophene rings is 1. The summed E-state index contributed by atoms with van der Waals surface area (Å²) in [5, 5.41) is 3.82. The van der Waals surface area contributed by atoms with Gasteiger partial charge in [-0.15, -0.1) is 11.3 Å². The fraction of sp³-hybridized carbons (Fsp3) is 0.333. The Hall–Kier alpha value is -1.56. The van der Waals surface area contributed by atoms with Gasteiger partial charge in [0.05, 0.1) is 4.88 Å². The van der Waals surface area contributed by atoms with Crippen molar-refractivity contribution in [1.82, 2.24) is 10.2 Å². The minimum absolute atomic E-state index is 0.00143. The third-order valence-corrected chi connectivity index (χ3v) is 5.92. The van der Waals surface area contributed by atoms with Crippen LogP contribution in [0.25, 0.3) is 10.4 Å². The summed E-state index contributed by atoms with van der Waals surface area (Å²) in [4.78, 5) is 27.9. The second kappa shape index (κ2) is 7.77. The number of halogens is 2. The van der Waals surface area contributed by atoms with Crippen LogP contribution in [0.4, 0.5) is 0 Å². The van der Waals surface area contributed by atoms with Crippen LogP contribution in [0.5, 0.6) is 0 Å². The zero-order valence-corrected chi connectivity index (χ0v) is 16.0. The summed E-state index contributed by atoms with van der Waals surface area (Å²) in [6.07, 6.45) is 1.40. The molecule has 0 saturated carbocycles. The summed E-state index contributed by atoms with van der Waals surface area (Å²) >= 11 is 13.5. The van der Waals surface area contributed by atoms with Gasteiger partial charge in [0.25, 0.3) is 5.91 Å². The molecule has 3 rings (SSSR count). The Bertz CT molecular complexity index is 778. The number of hydrogen-bond acceptors (Lipinski definition) is 3. The van der Waals surface area contributed by atoms with E-state index in [2.05, 4.69) is 5.32 Å². The SMILES string of the molecule is CNC(=O)C1CCN(C(=O)c2ccc(-c3cc(Cl)cc(Cl)c3)s2)CC1. The summed E-state index contributed by atoms with van der Waals surface area (Å²) < 4.78 is 0. The standard InChI is InChI=1S/C18H18Cl2N2O2S/c1-21-17(23)11-4-6-22(7-5-11)18(24)16-3-2-15(25-16)12-8-13(19)10-14(20)9-12/h2-3,8-11H,4-7H2,1H3,(H,21,23). The molecule has 0 atom stereocenters. The number of benzene rings is 1. The van der Waals surface area contributed by atoms with Crippen molar-refractivity contribution in [3.63, 3.8) is 0 Å². The van der Waals surface area contributed by atoms with Crippen LogP contribution in [0, 0.1) is 5.92 Å². The van der Waals surface area contributed by atoms with E-state index in [4.69, 9.17) is 23.2 Å². The van der Waals surface area contributed by atoms with E-state index in [1.54, 1.807) is 13.1 Å². The second-order valence-corrected chi connectivity index (χ2v) is 7.96. The van der Waals surface area contributed by atoms with Crippen LogP contribution in [-0.4, -0.2) is 36.9 Å². The maximum Gasteiger partial charge on any atom is 0.263 e. The van der Waals surface area contributed by atoms with Crippen molar-refractivity contribution in [2.45, 2.75) is 12.8 Å². The number of carbonyl (C=O) groups excluding carboxylic acids is 2. The van der Waals surface area contributed by atoms with Crippen molar-refractivity contribution < 1.29 is 9.59 Å². The second-order valence-electron chi connectivity index (χ2n) is 6.00. The number of likely N-dealkylation sites (tertiary alicyclic amines) is 1. The highest BCUT2D eigenvalue weighted by atomic mass is 35.5. The molecule has 2 aromatic rings. The van der Waals surface area contributed by atoms with Crippen molar-refractivity contribution in [2.24, 2.45) is 5.92 Å². The van der Waals surface area contributed by atoms with Crippen LogP contribution < -0.4 is 5.32 Å². The molecule has 132 valence electrons. The van der Waals surface area contributed by atoms with Crippen LogP contribution in [0.3, 0.4) is 0 Å². The van der Waals surface area contributed by atoms with E-state index in [1.165, 1.54) is 11.3 Å². The summed E-state index contributed by atoms with van der Waals surface area (Å²) in [5.41, 5.74) is 0.903. The number of rotatable bonds is 3. The van der Waals surface area contributed by atoms with Crippen molar-refractivity contribution in [2.75, 3.05) is 20.1 Å². The minimum atomic E-state index is 0.00143. The van der Waals surface area contributed by atoms with E-state index in [0.717, 1.165) is 10.4 Å². The quantitative estimate of drug-likeness (QED) is 0.839. The smallest absolute Gasteiger partial charge is 0.263 e. The van der Waals surface area contributed by atoms with Gasteiger partial charge < -0.3 is 10.2 Å². The van der Waals surface area contributed by atoms with E-state index in [0.29, 0.717) is 40.9 Å². The Balaban J connectivity index is 1.70. The topological polar surface area (TPSA) is 49.4 Å². The van der Waals surface area contributed by atoms with Crippen LogP contribution in [0.15, 0.2) is 30.3 Å². The molecule has 0 bridgehead atoms. The molecule has 0 radical (unpaired) electrons. The molecular formula is C18H18Cl2N2O2S. The predicted octanol–water partition coefficient (Wildman–Crippen LogP) is 4.32. The fourth-order valence-corrected chi connectivity index (χ4v) is 4.50. The van der Waals surface area contributed by atoms with E-state index in [-0.39, 0.29) is 17.7 Å². The molecule has 1 aliphatic heterocycles. The Morgan fingerprint density at radius 3 is 2.36 bits per heavy atom. The molecule has 1 aliphatic rings. The first-order chi connectivity index (χ1) is 12.0. The van der Waals surface area contributed by atoms with Crippen LogP contribution in [-0.2, 0) is 4.79 Å². The largest absolute Gasteiger partial charge is 0.359 e. The van der Waals surface area contributed by atoms with E-state index < -0.39 is 0 Å². The number of piperidine rings is 1. The molecule has 1 aromatic carbocycles. The third-order valence-electron chi connectivity index (χ3n) is 4.36. The maximum absolute atomic E-state index is 12.7. The molecule has 1 saturated heterocycles. The van der Waals surface area contributed by atoms with Crippen LogP contribution in [0.1, 0.15) is 22.5 Å². The molecule has 1 N–H and O–H groups in total. The predicted molar refractivity (Wildman–Crippen MR) is 102 cm³/mol. The first-order valence-electron chi connectivity index (χ1n) is 8.05. The molecule has 2 amide bonds. The van der Waals surface area contributed by atoms with E-state index >= 15 is 0 Å². The number of carbonyl (C=O) groups is 2. The number of hydrogen-bond donors (Lipinski definition) is 1. The molecule has 0 spiro atoms. The summed E-state index contributed by atoms with van der Waals surface area (Å²) in [5.74, 6) is 0.0737. The first-order valence-corrected chi connectivity index (χ1v) is 9.62. The molecule has 2 heterocycles. The number of nitrogens with zero attached hydrogens (tertiary/aromatic N) is 1. The van der Waals surface area contributed by atoms with Crippen LogP contribution >= 0.6 is 34.5 Å². The van der Waals surface area contributed by atoms with E-state index in [9.17, 15) is 9.59 Å². The lowest BCUT2D eigenvalue weighted by Gasteiger charge is -2.30. The molecule has 0 aliphatic carbocycles. The van der Waals surface area contributed by atoms with Crippen molar-refractivity contribution in [1.29, 1.82) is 0 Å². The van der Waals surface area contributed by atoms with E-state index in [1.807, 2.05) is 29.2 Å². The first kappa shape index (κ1) is 18.2. The number of nitrogens with one attached hydrogen (secondary N) is 1. The van der Waals surface area contributed by atoms with Gasteiger partial charge in [0.1, 0.15) is 0 Å². The lowest BCUT2D eigenvalue weighted by molar-refractivity contribution is -0.125. The molecule has 7 heteroatoms. The Morgan fingerprint density at radius 1 is 1.12 bits per heavy atom. The minimum Gasteiger partial charge on any atom is -0.359 e. The van der Waals surface area contributed by atoms with Gasteiger partial charge in [-0.3, -0.25) is 9.59 Å². The van der Waals surface area contributed by atoms with Crippen molar-refractivity contribution >= 4 is 46.4 Å². The zero-order chi connectivity index (χ0) is 18.0. The van der Waals surface area contributed by atoms with Crippen molar-refractivity contribution in [3.8, 4) is 10.4 Å². The molecule has 4 nitrogen and oxygen atoms in total. The van der Waals surface area contributed by atoms with Crippen LogP contribution in [0.2, 0.25) is 10.0 Å². The normalized spacial score (nSPS) is 15.2. The highest BCUT2D eigenvalue weighted by Gasteiger charge is 2.27. The summed E-state index contributed by atoms with van der Waals surface area (Å²) in [7, 11) is 1.65. The molecule has 1 aromatic heterocycles. The summed E-state index contributed by atoms with van der Waals surface area (Å²) in [6.45, 7) is 1.21. The molecule has 25 heavy (non-hydrogen) atoms. The lowest BCUT2D eigenvalue weighted by Crippen LogP contribution is -2.42. The van der Waals surface area contributed by atoms with Gasteiger partial charge in [0.15, 0.2) is 0 Å². The highest BCUT2D eigenvalue weighted by molar-refractivity contribution is 7.17. The van der Waals surface area contributed by atoms with Gasteiger partial charge in [0, 0.05) is 41.0 Å². The number of amides is 2. The Morgan fingerprint density at radius 2 is 1.76 bits per heavy atom. The highest BCUT2D eigenvalue weighted by Crippen LogP contribution is 2.33. The average Bonchev–Trinajstić information content (AvgIpc) is 3.10.